The van der Waals surface area contributed by atoms with E-state index in [0.29, 0.717) is 0 Å². The van der Waals surface area contributed by atoms with Crippen LogP contribution in [0.2, 0.25) is 0 Å². The Balaban J connectivity index is 2.50. The smallest absolute Gasteiger partial charge is 0.110 e. The van der Waals surface area contributed by atoms with Gasteiger partial charge < -0.3 is 4.74 Å². The molecule has 3 heteroatoms. The van der Waals surface area contributed by atoms with E-state index in [9.17, 15) is 0 Å². The summed E-state index contributed by atoms with van der Waals surface area (Å²) in [6, 6.07) is -0.0930. The lowest BCUT2D eigenvalue weighted by Gasteiger charge is -2.42. The summed E-state index contributed by atoms with van der Waals surface area (Å²) in [6.07, 6.45) is 1.15. The standard InChI is InChI=1S/C9H18BNO/c1-4-9(2,3)11-5-6-12-8(10)7-11/h8H,4-7H2,1-3H3. The molecule has 1 fully saturated rings. The first kappa shape index (κ1) is 10.1. The van der Waals surface area contributed by atoms with Crippen molar-refractivity contribution in [1.29, 1.82) is 0 Å². The molecule has 0 aromatic rings. The second kappa shape index (κ2) is 3.80. The lowest BCUT2D eigenvalue weighted by molar-refractivity contribution is -0.0296. The average molecular weight is 167 g/mol. The Hall–Kier alpha value is -0.0151. The van der Waals surface area contributed by atoms with Gasteiger partial charge in [0, 0.05) is 24.6 Å². The minimum atomic E-state index is -0.0930. The molecule has 1 rings (SSSR count). The van der Waals surface area contributed by atoms with Crippen LogP contribution in [0.4, 0.5) is 0 Å². The second-order valence-corrected chi connectivity index (χ2v) is 4.02. The van der Waals surface area contributed by atoms with E-state index in [1.807, 2.05) is 0 Å². The minimum absolute atomic E-state index is 0.0930. The molecule has 68 valence electrons. The Morgan fingerprint density at radius 1 is 1.58 bits per heavy atom. The van der Waals surface area contributed by atoms with E-state index < -0.39 is 0 Å². The molecule has 0 saturated carbocycles. The van der Waals surface area contributed by atoms with Crippen molar-refractivity contribution in [1.82, 2.24) is 4.90 Å². The van der Waals surface area contributed by atoms with E-state index >= 15 is 0 Å². The average Bonchev–Trinajstić information content (AvgIpc) is 2.05. The van der Waals surface area contributed by atoms with Crippen LogP contribution >= 0.6 is 0 Å². The molecule has 0 bridgehead atoms. The Bertz CT molecular complexity index is 149. The summed E-state index contributed by atoms with van der Waals surface area (Å²) >= 11 is 0. The number of morpholine rings is 1. The third-order valence-corrected chi connectivity index (χ3v) is 2.81. The largest absolute Gasteiger partial charge is 0.385 e. The first-order valence-electron chi connectivity index (χ1n) is 4.68. The van der Waals surface area contributed by atoms with Crippen LogP contribution in [0.25, 0.3) is 0 Å². The monoisotopic (exact) mass is 167 g/mol. The highest BCUT2D eigenvalue weighted by atomic mass is 16.5. The molecule has 2 radical (unpaired) electrons. The lowest BCUT2D eigenvalue weighted by Crippen LogP contribution is -2.52. The van der Waals surface area contributed by atoms with E-state index in [1.165, 1.54) is 0 Å². The van der Waals surface area contributed by atoms with Gasteiger partial charge in [-0.1, -0.05) is 6.92 Å². The highest BCUT2D eigenvalue weighted by Gasteiger charge is 2.28. The van der Waals surface area contributed by atoms with Crippen molar-refractivity contribution in [3.8, 4) is 0 Å². The van der Waals surface area contributed by atoms with Crippen LogP contribution < -0.4 is 0 Å². The number of ether oxygens (including phenoxy) is 1. The zero-order chi connectivity index (χ0) is 9.19. The summed E-state index contributed by atoms with van der Waals surface area (Å²) < 4.78 is 5.28. The van der Waals surface area contributed by atoms with Crippen molar-refractivity contribution in [3.05, 3.63) is 0 Å². The normalized spacial score (nSPS) is 27.4. The molecule has 0 spiro atoms. The molecule has 0 aromatic carbocycles. The summed E-state index contributed by atoms with van der Waals surface area (Å²) in [7, 11) is 5.71. The van der Waals surface area contributed by atoms with E-state index in [0.717, 1.165) is 26.1 Å². The van der Waals surface area contributed by atoms with Gasteiger partial charge in [-0.3, -0.25) is 4.90 Å². The maximum absolute atomic E-state index is 5.71. The third kappa shape index (κ3) is 2.24. The van der Waals surface area contributed by atoms with Crippen LogP contribution in [-0.4, -0.2) is 44.0 Å². The Labute approximate surface area is 76.7 Å². The van der Waals surface area contributed by atoms with Crippen molar-refractivity contribution in [2.45, 2.75) is 38.7 Å². The maximum Gasteiger partial charge on any atom is 0.110 e. The fraction of sp³-hybridized carbons (Fsp3) is 1.00. The van der Waals surface area contributed by atoms with Crippen molar-refractivity contribution in [2.24, 2.45) is 0 Å². The van der Waals surface area contributed by atoms with Gasteiger partial charge in [0.25, 0.3) is 0 Å². The summed E-state index contributed by atoms with van der Waals surface area (Å²) in [4.78, 5) is 2.40. The fourth-order valence-corrected chi connectivity index (χ4v) is 1.45. The van der Waals surface area contributed by atoms with Gasteiger partial charge in [-0.25, -0.2) is 0 Å². The van der Waals surface area contributed by atoms with Crippen LogP contribution in [-0.2, 0) is 4.74 Å². The summed E-state index contributed by atoms with van der Waals surface area (Å²) in [6.45, 7) is 9.36. The Morgan fingerprint density at radius 3 is 2.75 bits per heavy atom. The highest BCUT2D eigenvalue weighted by molar-refractivity contribution is 6.11. The van der Waals surface area contributed by atoms with Gasteiger partial charge in [0.2, 0.25) is 0 Å². The Morgan fingerprint density at radius 2 is 2.25 bits per heavy atom. The van der Waals surface area contributed by atoms with Crippen molar-refractivity contribution in [2.75, 3.05) is 19.7 Å². The van der Waals surface area contributed by atoms with Gasteiger partial charge in [-0.15, -0.1) is 0 Å². The quantitative estimate of drug-likeness (QED) is 0.569. The first-order chi connectivity index (χ1) is 5.56. The van der Waals surface area contributed by atoms with Gasteiger partial charge in [0.1, 0.15) is 7.85 Å². The molecule has 12 heavy (non-hydrogen) atoms. The van der Waals surface area contributed by atoms with Gasteiger partial charge in [0.05, 0.1) is 6.61 Å². The SMILES string of the molecule is [B]C1CN(C(C)(C)CC)CCO1. The minimum Gasteiger partial charge on any atom is -0.385 e. The van der Waals surface area contributed by atoms with Crippen LogP contribution in [0.15, 0.2) is 0 Å². The third-order valence-electron chi connectivity index (χ3n) is 2.81. The number of hydrogen-bond acceptors (Lipinski definition) is 2. The molecule has 1 saturated heterocycles. The molecule has 0 aliphatic carbocycles. The predicted octanol–water partition coefficient (Wildman–Crippen LogP) is 1.00. The molecule has 1 heterocycles. The van der Waals surface area contributed by atoms with Crippen LogP contribution in [0.1, 0.15) is 27.2 Å². The van der Waals surface area contributed by atoms with Crippen molar-refractivity contribution >= 4 is 7.85 Å². The van der Waals surface area contributed by atoms with E-state index in [-0.39, 0.29) is 11.5 Å². The molecule has 1 aliphatic heterocycles. The van der Waals surface area contributed by atoms with Gasteiger partial charge in [-0.05, 0) is 20.3 Å². The summed E-state index contributed by atoms with van der Waals surface area (Å²) in [5.74, 6) is 0. The van der Waals surface area contributed by atoms with Crippen LogP contribution in [0.5, 0.6) is 0 Å². The maximum atomic E-state index is 5.71. The molecule has 0 N–H and O–H groups in total. The number of nitrogens with zero attached hydrogens (tertiary/aromatic N) is 1. The predicted molar refractivity (Wildman–Crippen MR) is 51.4 cm³/mol. The van der Waals surface area contributed by atoms with E-state index in [4.69, 9.17) is 12.6 Å². The van der Waals surface area contributed by atoms with Gasteiger partial charge in [0.15, 0.2) is 0 Å². The fourth-order valence-electron chi connectivity index (χ4n) is 1.45. The number of hydrogen-bond donors (Lipinski definition) is 0. The molecule has 0 aromatic heterocycles. The summed E-state index contributed by atoms with van der Waals surface area (Å²) in [5.41, 5.74) is 0.265. The highest BCUT2D eigenvalue weighted by Crippen LogP contribution is 2.20. The van der Waals surface area contributed by atoms with E-state index in [1.54, 1.807) is 0 Å². The summed E-state index contributed by atoms with van der Waals surface area (Å²) in [5, 5.41) is 0. The molecule has 1 unspecified atom stereocenters. The second-order valence-electron chi connectivity index (χ2n) is 4.02. The van der Waals surface area contributed by atoms with E-state index in [2.05, 4.69) is 25.7 Å². The molecule has 0 amide bonds. The van der Waals surface area contributed by atoms with Crippen LogP contribution in [0.3, 0.4) is 0 Å². The molecule has 2 nitrogen and oxygen atoms in total. The van der Waals surface area contributed by atoms with Crippen molar-refractivity contribution in [3.63, 3.8) is 0 Å². The molecule has 1 aliphatic rings. The number of rotatable bonds is 2. The zero-order valence-electron chi connectivity index (χ0n) is 8.34. The zero-order valence-corrected chi connectivity index (χ0v) is 8.34. The van der Waals surface area contributed by atoms with Gasteiger partial charge in [-0.2, -0.15) is 0 Å². The molecular formula is C9H18BNO. The van der Waals surface area contributed by atoms with Crippen molar-refractivity contribution < 1.29 is 4.74 Å². The Kier molecular flexibility index (Phi) is 3.19. The molecular weight excluding hydrogens is 149 g/mol. The van der Waals surface area contributed by atoms with Gasteiger partial charge >= 0.3 is 0 Å². The topological polar surface area (TPSA) is 12.5 Å². The van der Waals surface area contributed by atoms with Crippen LogP contribution in [0, 0.1) is 0 Å². The lowest BCUT2D eigenvalue weighted by atomic mass is 9.93. The first-order valence-corrected chi connectivity index (χ1v) is 4.68. The molecule has 1 atom stereocenters.